The zero-order valence-corrected chi connectivity index (χ0v) is 10.3. The van der Waals surface area contributed by atoms with E-state index in [2.05, 4.69) is 0 Å². The van der Waals surface area contributed by atoms with Crippen molar-refractivity contribution >= 4 is 0 Å². The zero-order valence-electron chi connectivity index (χ0n) is 10.3. The third kappa shape index (κ3) is 9.09. The van der Waals surface area contributed by atoms with Gasteiger partial charge in [-0.1, -0.05) is 0 Å². The summed E-state index contributed by atoms with van der Waals surface area (Å²) in [5.41, 5.74) is 0. The maximum Gasteiger partial charge on any atom is 0.0799 e. The van der Waals surface area contributed by atoms with Crippen LogP contribution in [0.5, 0.6) is 0 Å². The molecule has 0 fully saturated rings. The third-order valence-corrected chi connectivity index (χ3v) is 2.69. The molecule has 4 unspecified atom stereocenters. The molecule has 0 spiro atoms. The number of aliphatic hydroxyl groups excluding tert-OH is 4. The second kappa shape index (κ2) is 8.93. The monoisotopic (exact) mass is 234 g/mol. The van der Waals surface area contributed by atoms with Gasteiger partial charge in [0.2, 0.25) is 0 Å². The van der Waals surface area contributed by atoms with Gasteiger partial charge in [0.25, 0.3) is 0 Å². The quantitative estimate of drug-likeness (QED) is 0.476. The maximum atomic E-state index is 9.60. The van der Waals surface area contributed by atoms with Crippen LogP contribution in [0, 0.1) is 0 Å². The van der Waals surface area contributed by atoms with Gasteiger partial charge >= 0.3 is 0 Å². The van der Waals surface area contributed by atoms with Crippen LogP contribution in [-0.4, -0.2) is 44.8 Å². The van der Waals surface area contributed by atoms with Crippen molar-refractivity contribution in [1.29, 1.82) is 0 Å². The highest BCUT2D eigenvalue weighted by molar-refractivity contribution is 4.68. The Morgan fingerprint density at radius 2 is 0.938 bits per heavy atom. The van der Waals surface area contributed by atoms with Crippen molar-refractivity contribution in [3.05, 3.63) is 0 Å². The van der Waals surface area contributed by atoms with Crippen molar-refractivity contribution in [2.75, 3.05) is 0 Å². The fraction of sp³-hybridized carbons (Fsp3) is 1.00. The predicted octanol–water partition coefficient (Wildman–Crippen LogP) is 0.810. The average molecular weight is 234 g/mol. The summed E-state index contributed by atoms with van der Waals surface area (Å²) in [5, 5.41) is 37.3. The Hall–Kier alpha value is -0.160. The number of hydrogen-bond acceptors (Lipinski definition) is 4. The smallest absolute Gasteiger partial charge is 0.0799 e. The molecule has 0 aromatic rings. The van der Waals surface area contributed by atoms with E-state index in [1.807, 2.05) is 0 Å². The van der Waals surface area contributed by atoms with Gasteiger partial charge in [-0.2, -0.15) is 0 Å². The summed E-state index contributed by atoms with van der Waals surface area (Å²) in [6.07, 6.45) is 1.63. The molecule has 0 aliphatic rings. The van der Waals surface area contributed by atoms with Crippen molar-refractivity contribution in [3.63, 3.8) is 0 Å². The molecule has 0 amide bonds. The van der Waals surface area contributed by atoms with Crippen LogP contribution in [0.25, 0.3) is 0 Å². The van der Waals surface area contributed by atoms with Crippen molar-refractivity contribution < 1.29 is 20.4 Å². The molecule has 16 heavy (non-hydrogen) atoms. The molecule has 0 saturated carbocycles. The third-order valence-electron chi connectivity index (χ3n) is 2.69. The van der Waals surface area contributed by atoms with E-state index in [0.29, 0.717) is 38.5 Å². The van der Waals surface area contributed by atoms with E-state index in [4.69, 9.17) is 10.2 Å². The minimum Gasteiger partial charge on any atom is -0.393 e. The summed E-state index contributed by atoms with van der Waals surface area (Å²) < 4.78 is 0. The van der Waals surface area contributed by atoms with E-state index in [-0.39, 0.29) is 12.2 Å². The van der Waals surface area contributed by atoms with E-state index in [1.54, 1.807) is 13.8 Å². The average Bonchev–Trinajstić information content (AvgIpc) is 2.16. The van der Waals surface area contributed by atoms with Gasteiger partial charge in [0.05, 0.1) is 24.4 Å². The first-order chi connectivity index (χ1) is 7.43. The summed E-state index contributed by atoms with van der Waals surface area (Å²) in [4.78, 5) is 0. The molecular weight excluding hydrogens is 208 g/mol. The Balaban J connectivity index is 3.52. The molecule has 4 N–H and O–H groups in total. The maximum absolute atomic E-state index is 9.60. The van der Waals surface area contributed by atoms with Crippen molar-refractivity contribution in [3.8, 4) is 0 Å². The van der Waals surface area contributed by atoms with Crippen LogP contribution in [0.2, 0.25) is 0 Å². The van der Waals surface area contributed by atoms with Crippen LogP contribution < -0.4 is 0 Å². The number of aliphatic hydroxyl groups is 4. The van der Waals surface area contributed by atoms with Gasteiger partial charge in [-0.25, -0.2) is 0 Å². The van der Waals surface area contributed by atoms with E-state index in [9.17, 15) is 10.2 Å². The summed E-state index contributed by atoms with van der Waals surface area (Å²) in [6, 6.07) is 0. The van der Waals surface area contributed by atoms with Crippen molar-refractivity contribution in [2.24, 2.45) is 0 Å². The summed E-state index contributed by atoms with van der Waals surface area (Å²) in [6.45, 7) is 3.43. The topological polar surface area (TPSA) is 80.9 Å². The molecule has 98 valence electrons. The normalized spacial score (nSPS) is 19.1. The lowest BCUT2D eigenvalue weighted by Gasteiger charge is -2.18. The van der Waals surface area contributed by atoms with E-state index in [0.717, 1.165) is 0 Å². The highest BCUT2D eigenvalue weighted by atomic mass is 16.3. The Labute approximate surface area is 97.9 Å². The lowest BCUT2D eigenvalue weighted by Crippen LogP contribution is -2.26. The molecule has 0 radical (unpaired) electrons. The standard InChI is InChI=1S/C12H26O4/c1-9(13)5-3-7-11(15)12(16)8-4-6-10(2)14/h9-16H,3-8H2,1-2H3. The number of hydrogen-bond donors (Lipinski definition) is 4. The molecule has 0 aliphatic heterocycles. The van der Waals surface area contributed by atoms with Gasteiger partial charge in [-0.05, 0) is 52.4 Å². The van der Waals surface area contributed by atoms with Crippen LogP contribution in [0.1, 0.15) is 52.4 Å². The lowest BCUT2D eigenvalue weighted by molar-refractivity contribution is 0.00410. The Bertz CT molecular complexity index is 141. The first-order valence-electron chi connectivity index (χ1n) is 6.15. The minimum absolute atomic E-state index is 0.348. The van der Waals surface area contributed by atoms with Gasteiger partial charge in [-0.3, -0.25) is 0 Å². The van der Waals surface area contributed by atoms with E-state index < -0.39 is 12.2 Å². The Kier molecular flexibility index (Phi) is 8.84. The van der Waals surface area contributed by atoms with Crippen LogP contribution in [-0.2, 0) is 0 Å². The van der Waals surface area contributed by atoms with Gasteiger partial charge < -0.3 is 20.4 Å². The van der Waals surface area contributed by atoms with Crippen molar-refractivity contribution in [2.45, 2.75) is 76.8 Å². The summed E-state index contributed by atoms with van der Waals surface area (Å²) in [7, 11) is 0. The highest BCUT2D eigenvalue weighted by Gasteiger charge is 2.15. The van der Waals surface area contributed by atoms with E-state index in [1.165, 1.54) is 0 Å². The largest absolute Gasteiger partial charge is 0.393 e. The van der Waals surface area contributed by atoms with Gasteiger partial charge in [0, 0.05) is 0 Å². The molecular formula is C12H26O4. The SMILES string of the molecule is CC(O)CCCC(O)C(O)CCCC(C)O. The fourth-order valence-electron chi connectivity index (χ4n) is 1.63. The Morgan fingerprint density at radius 1 is 0.625 bits per heavy atom. The summed E-state index contributed by atoms with van der Waals surface area (Å²) in [5.74, 6) is 0. The first kappa shape index (κ1) is 15.8. The molecule has 0 rings (SSSR count). The molecule has 4 heteroatoms. The predicted molar refractivity (Wildman–Crippen MR) is 63.1 cm³/mol. The van der Waals surface area contributed by atoms with Crippen LogP contribution in [0.4, 0.5) is 0 Å². The van der Waals surface area contributed by atoms with Gasteiger partial charge in [0.1, 0.15) is 0 Å². The molecule has 0 heterocycles. The van der Waals surface area contributed by atoms with E-state index >= 15 is 0 Å². The molecule has 4 nitrogen and oxygen atoms in total. The van der Waals surface area contributed by atoms with Gasteiger partial charge in [-0.15, -0.1) is 0 Å². The summed E-state index contributed by atoms with van der Waals surface area (Å²) >= 11 is 0. The van der Waals surface area contributed by atoms with Crippen LogP contribution >= 0.6 is 0 Å². The lowest BCUT2D eigenvalue weighted by atomic mass is 10.0. The molecule has 0 saturated heterocycles. The second-order valence-electron chi connectivity index (χ2n) is 4.69. The van der Waals surface area contributed by atoms with Gasteiger partial charge in [0.15, 0.2) is 0 Å². The highest BCUT2D eigenvalue weighted by Crippen LogP contribution is 2.12. The molecule has 0 bridgehead atoms. The van der Waals surface area contributed by atoms with Crippen LogP contribution in [0.15, 0.2) is 0 Å². The Morgan fingerprint density at radius 3 is 1.19 bits per heavy atom. The molecule has 4 atom stereocenters. The molecule has 0 aromatic carbocycles. The first-order valence-corrected chi connectivity index (χ1v) is 6.15. The molecule has 0 aromatic heterocycles. The zero-order chi connectivity index (χ0) is 12.6. The number of rotatable bonds is 9. The fourth-order valence-corrected chi connectivity index (χ4v) is 1.63. The second-order valence-corrected chi connectivity index (χ2v) is 4.69. The van der Waals surface area contributed by atoms with Crippen molar-refractivity contribution in [1.82, 2.24) is 0 Å². The minimum atomic E-state index is -0.715. The van der Waals surface area contributed by atoms with Crippen LogP contribution in [0.3, 0.4) is 0 Å². The molecule has 0 aliphatic carbocycles.